The Bertz CT molecular complexity index is 463. The lowest BCUT2D eigenvalue weighted by Gasteiger charge is -2.38. The van der Waals surface area contributed by atoms with Crippen LogP contribution in [0.1, 0.15) is 52.9 Å². The molecule has 1 fully saturated rings. The normalized spacial score (nSPS) is 24.0. The van der Waals surface area contributed by atoms with E-state index in [1.165, 1.54) is 7.11 Å². The van der Waals surface area contributed by atoms with E-state index >= 15 is 0 Å². The number of amides is 2. The zero-order valence-electron chi connectivity index (χ0n) is 15.6. The van der Waals surface area contributed by atoms with E-state index in [0.717, 1.165) is 19.3 Å². The molecule has 1 aliphatic rings. The van der Waals surface area contributed by atoms with Crippen LogP contribution in [0.25, 0.3) is 0 Å². The number of nitrogens with two attached hydrogens (primary N) is 1. The number of halogens is 1. The van der Waals surface area contributed by atoms with Crippen molar-refractivity contribution >= 4 is 30.2 Å². The Morgan fingerprint density at radius 2 is 1.80 bits per heavy atom. The highest BCUT2D eigenvalue weighted by Gasteiger charge is 2.43. The maximum atomic E-state index is 12.2. The molecule has 0 bridgehead atoms. The summed E-state index contributed by atoms with van der Waals surface area (Å²) in [6.45, 7) is 5.60. The summed E-state index contributed by atoms with van der Waals surface area (Å²) in [5, 5.41) is 5.30. The molecule has 0 saturated heterocycles. The minimum Gasteiger partial charge on any atom is -0.467 e. The number of rotatable bonds is 7. The lowest BCUT2D eigenvalue weighted by molar-refractivity contribution is -0.153. The molecule has 7 nitrogen and oxygen atoms in total. The van der Waals surface area contributed by atoms with E-state index in [2.05, 4.69) is 17.6 Å². The third-order valence-corrected chi connectivity index (χ3v) is 4.94. The lowest BCUT2D eigenvalue weighted by atomic mass is 9.75. The topological polar surface area (TPSA) is 111 Å². The van der Waals surface area contributed by atoms with Crippen molar-refractivity contribution in [1.29, 1.82) is 0 Å². The molecule has 0 spiro atoms. The van der Waals surface area contributed by atoms with Gasteiger partial charge >= 0.3 is 5.97 Å². The monoisotopic (exact) mass is 377 g/mol. The predicted octanol–water partition coefficient (Wildman–Crippen LogP) is 1.14. The van der Waals surface area contributed by atoms with E-state index < -0.39 is 23.5 Å². The first-order valence-corrected chi connectivity index (χ1v) is 8.68. The summed E-state index contributed by atoms with van der Waals surface area (Å²) in [7, 11) is 1.32. The molecule has 0 unspecified atom stereocenters. The lowest BCUT2D eigenvalue weighted by Crippen LogP contribution is -2.59. The summed E-state index contributed by atoms with van der Waals surface area (Å²) in [4.78, 5) is 36.2. The first kappa shape index (κ1) is 23.7. The second-order valence-electron chi connectivity index (χ2n) is 6.96. The van der Waals surface area contributed by atoms with Crippen molar-refractivity contribution in [2.24, 2.45) is 17.6 Å². The smallest absolute Gasteiger partial charge is 0.331 e. The Balaban J connectivity index is 0.00000576. The molecular weight excluding hydrogens is 346 g/mol. The van der Waals surface area contributed by atoms with Gasteiger partial charge in [-0.25, -0.2) is 4.79 Å². The van der Waals surface area contributed by atoms with Crippen LogP contribution in [0.4, 0.5) is 0 Å². The molecule has 1 saturated carbocycles. The van der Waals surface area contributed by atoms with Crippen molar-refractivity contribution in [3.63, 3.8) is 0 Å². The van der Waals surface area contributed by atoms with E-state index in [1.807, 2.05) is 13.8 Å². The molecule has 1 aliphatic carbocycles. The van der Waals surface area contributed by atoms with Crippen LogP contribution >= 0.6 is 12.4 Å². The predicted molar refractivity (Wildman–Crippen MR) is 98.2 cm³/mol. The average molecular weight is 378 g/mol. The van der Waals surface area contributed by atoms with Crippen LogP contribution in [0, 0.1) is 11.8 Å². The van der Waals surface area contributed by atoms with E-state index in [-0.39, 0.29) is 30.8 Å². The summed E-state index contributed by atoms with van der Waals surface area (Å²) in [6.07, 6.45) is 3.92. The van der Waals surface area contributed by atoms with Gasteiger partial charge in [-0.2, -0.15) is 0 Å². The second-order valence-corrected chi connectivity index (χ2v) is 6.96. The minimum absolute atomic E-state index is 0. The first-order chi connectivity index (χ1) is 11.3. The zero-order chi connectivity index (χ0) is 18.3. The maximum Gasteiger partial charge on any atom is 0.331 e. The minimum atomic E-state index is -0.984. The van der Waals surface area contributed by atoms with Gasteiger partial charge in [0.1, 0.15) is 5.54 Å². The van der Waals surface area contributed by atoms with Gasteiger partial charge in [-0.15, -0.1) is 12.4 Å². The van der Waals surface area contributed by atoms with Crippen molar-refractivity contribution in [1.82, 2.24) is 10.6 Å². The van der Waals surface area contributed by atoms with E-state index in [9.17, 15) is 14.4 Å². The van der Waals surface area contributed by atoms with Crippen LogP contribution in [-0.4, -0.2) is 43.0 Å². The summed E-state index contributed by atoms with van der Waals surface area (Å²) >= 11 is 0. The number of esters is 1. The zero-order valence-corrected chi connectivity index (χ0v) is 16.4. The quantitative estimate of drug-likeness (QED) is 0.576. The molecule has 0 heterocycles. The van der Waals surface area contributed by atoms with Gasteiger partial charge in [-0.05, 0) is 37.5 Å². The Kier molecular flexibility index (Phi) is 10.0. The van der Waals surface area contributed by atoms with Crippen LogP contribution in [0.2, 0.25) is 0 Å². The number of ether oxygens (including phenoxy) is 1. The Morgan fingerprint density at radius 3 is 2.24 bits per heavy atom. The van der Waals surface area contributed by atoms with Crippen molar-refractivity contribution < 1.29 is 19.1 Å². The standard InChI is InChI=1S/C17H31N3O4.ClH/c1-5-12-6-8-17(9-7-12,16(23)24-4)20-13(21)10-19-15(22)14(18)11(2)3;/h11-12,14H,5-10,18H2,1-4H3,(H,19,22)(H,20,21);1H/t12?,14-,17?;/m0./s1. The fraction of sp³-hybridized carbons (Fsp3) is 0.824. The van der Waals surface area contributed by atoms with Gasteiger partial charge in [-0.1, -0.05) is 27.2 Å². The molecule has 146 valence electrons. The molecule has 8 heteroatoms. The summed E-state index contributed by atoms with van der Waals surface area (Å²) in [5.74, 6) is -0.639. The molecule has 0 aromatic rings. The van der Waals surface area contributed by atoms with E-state index in [0.29, 0.717) is 18.8 Å². The van der Waals surface area contributed by atoms with Gasteiger partial charge < -0.3 is 21.1 Å². The molecule has 4 N–H and O–H groups in total. The fourth-order valence-corrected chi connectivity index (χ4v) is 3.05. The SMILES string of the molecule is CCC1CCC(NC(=O)CNC(=O)[C@@H](N)C(C)C)(C(=O)OC)CC1.Cl. The van der Waals surface area contributed by atoms with Crippen LogP contribution in [-0.2, 0) is 19.1 Å². The molecule has 0 radical (unpaired) electrons. The van der Waals surface area contributed by atoms with Gasteiger partial charge in [0.25, 0.3) is 0 Å². The third-order valence-electron chi connectivity index (χ3n) is 4.94. The number of hydrogen-bond acceptors (Lipinski definition) is 5. The maximum absolute atomic E-state index is 12.2. The Hall–Kier alpha value is -1.34. The second kappa shape index (κ2) is 10.6. The molecular formula is C17H32ClN3O4. The largest absolute Gasteiger partial charge is 0.467 e. The van der Waals surface area contributed by atoms with Crippen LogP contribution in [0.15, 0.2) is 0 Å². The van der Waals surface area contributed by atoms with Gasteiger partial charge in [0.05, 0.1) is 19.7 Å². The average Bonchev–Trinajstić information content (AvgIpc) is 2.58. The molecule has 1 atom stereocenters. The van der Waals surface area contributed by atoms with Crippen molar-refractivity contribution in [3.8, 4) is 0 Å². The number of hydrogen-bond donors (Lipinski definition) is 3. The van der Waals surface area contributed by atoms with Gasteiger partial charge in [0, 0.05) is 0 Å². The molecule has 0 aliphatic heterocycles. The van der Waals surface area contributed by atoms with Gasteiger partial charge in [0.2, 0.25) is 11.8 Å². The number of nitrogens with one attached hydrogen (secondary N) is 2. The van der Waals surface area contributed by atoms with Crippen molar-refractivity contribution in [3.05, 3.63) is 0 Å². The van der Waals surface area contributed by atoms with Crippen LogP contribution in [0.3, 0.4) is 0 Å². The van der Waals surface area contributed by atoms with Crippen molar-refractivity contribution in [2.45, 2.75) is 64.5 Å². The Labute approximate surface area is 156 Å². The molecule has 0 aromatic heterocycles. The summed E-state index contributed by atoms with van der Waals surface area (Å²) in [5.41, 5.74) is 4.76. The highest BCUT2D eigenvalue weighted by Crippen LogP contribution is 2.34. The van der Waals surface area contributed by atoms with E-state index in [4.69, 9.17) is 10.5 Å². The molecule has 25 heavy (non-hydrogen) atoms. The summed E-state index contributed by atoms with van der Waals surface area (Å²) in [6, 6.07) is -0.660. The van der Waals surface area contributed by atoms with E-state index in [1.54, 1.807) is 0 Å². The first-order valence-electron chi connectivity index (χ1n) is 8.68. The Morgan fingerprint density at radius 1 is 1.24 bits per heavy atom. The highest BCUT2D eigenvalue weighted by atomic mass is 35.5. The number of methoxy groups -OCH3 is 1. The third kappa shape index (κ3) is 6.47. The summed E-state index contributed by atoms with van der Waals surface area (Å²) < 4.78 is 4.90. The molecule has 1 rings (SSSR count). The van der Waals surface area contributed by atoms with Gasteiger partial charge in [-0.3, -0.25) is 9.59 Å². The van der Waals surface area contributed by atoms with Gasteiger partial charge in [0.15, 0.2) is 0 Å². The van der Waals surface area contributed by atoms with Crippen molar-refractivity contribution in [2.75, 3.05) is 13.7 Å². The molecule has 2 amide bonds. The number of carbonyl (C=O) groups is 3. The number of carbonyl (C=O) groups excluding carboxylic acids is 3. The highest BCUT2D eigenvalue weighted by molar-refractivity contribution is 5.91. The fourth-order valence-electron chi connectivity index (χ4n) is 3.05. The van der Waals surface area contributed by atoms with Crippen LogP contribution in [0.5, 0.6) is 0 Å². The molecule has 0 aromatic carbocycles. The van der Waals surface area contributed by atoms with Crippen LogP contribution < -0.4 is 16.4 Å².